The van der Waals surface area contributed by atoms with Gasteiger partial charge < -0.3 is 4.90 Å². The van der Waals surface area contributed by atoms with Gasteiger partial charge in [0, 0.05) is 24.3 Å². The predicted molar refractivity (Wildman–Crippen MR) is 133 cm³/mol. The summed E-state index contributed by atoms with van der Waals surface area (Å²) in [4.78, 5) is 2.54. The van der Waals surface area contributed by atoms with Crippen LogP contribution in [0.5, 0.6) is 0 Å². The summed E-state index contributed by atoms with van der Waals surface area (Å²) in [7, 11) is -3.69. The average Bonchev–Trinajstić information content (AvgIpc) is 3.14. The first-order valence-corrected chi connectivity index (χ1v) is 12.8. The van der Waals surface area contributed by atoms with Gasteiger partial charge in [0.05, 0.1) is 10.6 Å². The van der Waals surface area contributed by atoms with Crippen LogP contribution >= 0.6 is 0 Å². The Morgan fingerprint density at radius 2 is 1.45 bits per heavy atom. The highest BCUT2D eigenvalue weighted by molar-refractivity contribution is 7.92. The molecular weight excluding hydrogens is 432 g/mol. The maximum atomic E-state index is 12.9. The van der Waals surface area contributed by atoms with E-state index in [2.05, 4.69) is 19.8 Å². The van der Waals surface area contributed by atoms with E-state index in [1.807, 2.05) is 54.6 Å². The highest BCUT2D eigenvalue weighted by Crippen LogP contribution is 2.25. The summed E-state index contributed by atoms with van der Waals surface area (Å²) in [6.07, 6.45) is 4.94. The van der Waals surface area contributed by atoms with E-state index in [4.69, 9.17) is 0 Å². The first-order valence-electron chi connectivity index (χ1n) is 11.3. The van der Waals surface area contributed by atoms with E-state index >= 15 is 0 Å². The smallest absolute Gasteiger partial charge is 0.261 e. The molecule has 0 bridgehead atoms. The molecule has 168 valence electrons. The molecule has 1 aliphatic heterocycles. The van der Waals surface area contributed by atoms with Crippen molar-refractivity contribution in [1.29, 1.82) is 0 Å². The maximum absolute atomic E-state index is 12.9. The quantitative estimate of drug-likeness (QED) is 0.429. The Morgan fingerprint density at radius 3 is 2.15 bits per heavy atom. The van der Waals surface area contributed by atoms with Gasteiger partial charge in [-0.05, 0) is 60.0 Å². The topological polar surface area (TPSA) is 75.2 Å². The SMILES string of the molecule is O=S(=O)(Nc1ccc(-c2ccc(N3CCCCCC3)nn2)cc1)c1ccc2ccccc2c1. The molecule has 0 amide bonds. The number of benzene rings is 3. The second-order valence-corrected chi connectivity index (χ2v) is 10.1. The molecule has 7 heteroatoms. The van der Waals surface area contributed by atoms with E-state index < -0.39 is 10.0 Å². The van der Waals surface area contributed by atoms with Gasteiger partial charge >= 0.3 is 0 Å². The van der Waals surface area contributed by atoms with E-state index in [0.717, 1.165) is 40.9 Å². The Bertz CT molecular complexity index is 1350. The monoisotopic (exact) mass is 458 g/mol. The zero-order chi connectivity index (χ0) is 22.7. The fraction of sp³-hybridized carbons (Fsp3) is 0.231. The average molecular weight is 459 g/mol. The van der Waals surface area contributed by atoms with Gasteiger partial charge in [0.2, 0.25) is 0 Å². The predicted octanol–water partition coefficient (Wildman–Crippen LogP) is 5.48. The minimum Gasteiger partial charge on any atom is -0.355 e. The summed E-state index contributed by atoms with van der Waals surface area (Å²) >= 11 is 0. The molecule has 1 aliphatic rings. The summed E-state index contributed by atoms with van der Waals surface area (Å²) in [5.41, 5.74) is 2.15. The highest BCUT2D eigenvalue weighted by Gasteiger charge is 2.15. The number of hydrogen-bond acceptors (Lipinski definition) is 5. The Hall–Kier alpha value is -3.45. The molecule has 0 unspecified atom stereocenters. The van der Waals surface area contributed by atoms with E-state index in [-0.39, 0.29) is 4.90 Å². The van der Waals surface area contributed by atoms with Gasteiger partial charge in [-0.15, -0.1) is 10.2 Å². The zero-order valence-electron chi connectivity index (χ0n) is 18.3. The lowest BCUT2D eigenvalue weighted by Crippen LogP contribution is -2.25. The molecule has 0 spiro atoms. The third-order valence-corrected chi connectivity index (χ3v) is 7.42. The molecular formula is C26H26N4O2S. The van der Waals surface area contributed by atoms with Crippen LogP contribution in [0.15, 0.2) is 83.8 Å². The molecule has 1 saturated heterocycles. The Labute approximate surface area is 194 Å². The lowest BCUT2D eigenvalue weighted by atomic mass is 10.1. The van der Waals surface area contributed by atoms with Crippen molar-refractivity contribution in [3.05, 3.63) is 78.9 Å². The summed E-state index contributed by atoms with van der Waals surface area (Å²) < 4.78 is 28.4. The van der Waals surface area contributed by atoms with Crippen LogP contribution in [-0.4, -0.2) is 31.7 Å². The van der Waals surface area contributed by atoms with Gasteiger partial charge in [-0.2, -0.15) is 0 Å². The van der Waals surface area contributed by atoms with Crippen molar-refractivity contribution in [3.63, 3.8) is 0 Å². The molecule has 4 aromatic rings. The summed E-state index contributed by atoms with van der Waals surface area (Å²) in [6.45, 7) is 2.06. The Balaban J connectivity index is 1.30. The van der Waals surface area contributed by atoms with Crippen molar-refractivity contribution >= 4 is 32.3 Å². The van der Waals surface area contributed by atoms with Crippen LogP contribution in [-0.2, 0) is 10.0 Å². The molecule has 3 aromatic carbocycles. The van der Waals surface area contributed by atoms with E-state index in [1.54, 1.807) is 24.3 Å². The molecule has 0 aliphatic carbocycles. The molecule has 33 heavy (non-hydrogen) atoms. The van der Waals surface area contributed by atoms with Gasteiger partial charge in [0.15, 0.2) is 5.82 Å². The second-order valence-electron chi connectivity index (χ2n) is 8.37. The van der Waals surface area contributed by atoms with Gasteiger partial charge in [0.1, 0.15) is 0 Å². The van der Waals surface area contributed by atoms with E-state index in [0.29, 0.717) is 5.69 Å². The van der Waals surface area contributed by atoms with Crippen LogP contribution in [0.1, 0.15) is 25.7 Å². The molecule has 0 atom stereocenters. The fourth-order valence-corrected chi connectivity index (χ4v) is 5.30. The molecule has 1 fully saturated rings. The van der Waals surface area contributed by atoms with E-state index in [9.17, 15) is 8.42 Å². The maximum Gasteiger partial charge on any atom is 0.261 e. The van der Waals surface area contributed by atoms with Crippen molar-refractivity contribution in [2.24, 2.45) is 0 Å². The number of aromatic nitrogens is 2. The van der Waals surface area contributed by atoms with Crippen LogP contribution in [0.4, 0.5) is 11.5 Å². The van der Waals surface area contributed by atoms with Crippen molar-refractivity contribution in [1.82, 2.24) is 10.2 Å². The Morgan fingerprint density at radius 1 is 0.727 bits per heavy atom. The number of rotatable bonds is 5. The minimum atomic E-state index is -3.69. The van der Waals surface area contributed by atoms with E-state index in [1.165, 1.54) is 25.7 Å². The molecule has 0 radical (unpaired) electrons. The van der Waals surface area contributed by atoms with Crippen LogP contribution in [0.2, 0.25) is 0 Å². The first-order chi connectivity index (χ1) is 16.1. The minimum absolute atomic E-state index is 0.236. The third kappa shape index (κ3) is 4.83. The lowest BCUT2D eigenvalue weighted by molar-refractivity contribution is 0.601. The van der Waals surface area contributed by atoms with Gasteiger partial charge in [0.25, 0.3) is 10.0 Å². The van der Waals surface area contributed by atoms with Crippen molar-refractivity contribution in [3.8, 4) is 11.3 Å². The summed E-state index contributed by atoms with van der Waals surface area (Å²) in [5.74, 6) is 0.917. The van der Waals surface area contributed by atoms with Crippen LogP contribution in [0, 0.1) is 0 Å². The number of hydrogen-bond donors (Lipinski definition) is 1. The molecule has 0 saturated carbocycles. The third-order valence-electron chi connectivity index (χ3n) is 6.04. The summed E-state index contributed by atoms with van der Waals surface area (Å²) in [6, 6.07) is 24.0. The fourth-order valence-electron chi connectivity index (χ4n) is 4.21. The number of sulfonamides is 1. The highest BCUT2D eigenvalue weighted by atomic mass is 32.2. The number of anilines is 2. The number of nitrogens with zero attached hydrogens (tertiary/aromatic N) is 3. The van der Waals surface area contributed by atoms with Crippen LogP contribution in [0.25, 0.3) is 22.0 Å². The molecule has 2 heterocycles. The van der Waals surface area contributed by atoms with Crippen LogP contribution in [0.3, 0.4) is 0 Å². The van der Waals surface area contributed by atoms with Crippen molar-refractivity contribution in [2.45, 2.75) is 30.6 Å². The molecule has 1 N–H and O–H groups in total. The standard InChI is InChI=1S/C26H26N4O2S/c31-33(32,24-14-11-20-7-3-4-8-22(20)19-24)29-23-12-9-21(10-13-23)25-15-16-26(28-27-25)30-17-5-1-2-6-18-30/h3-4,7-16,19,29H,1-2,5-6,17-18H2. The largest absolute Gasteiger partial charge is 0.355 e. The number of fused-ring (bicyclic) bond motifs is 1. The van der Waals surface area contributed by atoms with Gasteiger partial charge in [-0.1, -0.05) is 55.3 Å². The number of nitrogens with one attached hydrogen (secondary N) is 1. The molecule has 6 nitrogen and oxygen atoms in total. The van der Waals surface area contributed by atoms with Gasteiger partial charge in [-0.3, -0.25) is 4.72 Å². The van der Waals surface area contributed by atoms with Crippen molar-refractivity contribution in [2.75, 3.05) is 22.7 Å². The zero-order valence-corrected chi connectivity index (χ0v) is 19.1. The van der Waals surface area contributed by atoms with Crippen LogP contribution < -0.4 is 9.62 Å². The second kappa shape index (κ2) is 9.19. The lowest BCUT2D eigenvalue weighted by Gasteiger charge is -2.20. The molecule has 1 aromatic heterocycles. The molecule has 5 rings (SSSR count). The van der Waals surface area contributed by atoms with Crippen molar-refractivity contribution < 1.29 is 8.42 Å². The normalized spacial score (nSPS) is 14.7. The Kier molecular flexibility index (Phi) is 5.96. The first kappa shape index (κ1) is 21.4. The summed E-state index contributed by atoms with van der Waals surface area (Å²) in [5, 5.41) is 10.7. The van der Waals surface area contributed by atoms with Gasteiger partial charge in [-0.25, -0.2) is 8.42 Å².